The maximum Gasteiger partial charge on any atom is 0.417 e. The van der Waals surface area contributed by atoms with Crippen LogP contribution in [0.4, 0.5) is 13.2 Å². The Labute approximate surface area is 390 Å². The molecule has 9 rings (SSSR count). The third-order valence-electron chi connectivity index (χ3n) is 23.9. The zero-order valence-corrected chi connectivity index (χ0v) is 41.6. The fourth-order valence-electron chi connectivity index (χ4n) is 19.4. The van der Waals surface area contributed by atoms with Crippen molar-refractivity contribution >= 4 is 0 Å². The third kappa shape index (κ3) is 8.05. The molecule has 8 fully saturated rings. The summed E-state index contributed by atoms with van der Waals surface area (Å²) in [5.41, 5.74) is -1.33. The van der Waals surface area contributed by atoms with Crippen LogP contribution in [0.2, 0.25) is 0 Å². The van der Waals surface area contributed by atoms with Crippen molar-refractivity contribution in [1.82, 2.24) is 0 Å². The summed E-state index contributed by atoms with van der Waals surface area (Å²) in [4.78, 5) is 0. The van der Waals surface area contributed by atoms with Crippen LogP contribution in [-0.4, -0.2) is 54.6 Å². The number of hydrogen-bond acceptors (Lipinski definition) is 5. The van der Waals surface area contributed by atoms with Gasteiger partial charge in [0.2, 0.25) is 0 Å². The molecule has 20 atom stereocenters. The summed E-state index contributed by atoms with van der Waals surface area (Å²) in [7, 11) is 0. The van der Waals surface area contributed by atoms with Crippen LogP contribution in [-0.2, 0) is 6.42 Å². The average molecular weight is 911 g/mol. The van der Waals surface area contributed by atoms with E-state index in [-0.39, 0.29) is 41.9 Å². The molecule has 0 spiro atoms. The van der Waals surface area contributed by atoms with Gasteiger partial charge in [-0.15, -0.1) is 0 Å². The number of fused-ring (bicyclic) bond motifs is 10. The normalized spacial score (nSPS) is 48.1. The smallest absolute Gasteiger partial charge is 0.393 e. The lowest BCUT2D eigenvalue weighted by Crippen LogP contribution is -2.59. The molecule has 0 aromatic heterocycles. The fourth-order valence-corrected chi connectivity index (χ4v) is 19.4. The Hall–Kier alpha value is -1.19. The molecule has 0 bridgehead atoms. The van der Waals surface area contributed by atoms with Crippen molar-refractivity contribution in [1.29, 1.82) is 0 Å². The number of halogens is 3. The van der Waals surface area contributed by atoms with Gasteiger partial charge in [-0.3, -0.25) is 0 Å². The van der Waals surface area contributed by atoms with Crippen molar-refractivity contribution in [2.24, 2.45) is 92.7 Å². The van der Waals surface area contributed by atoms with Gasteiger partial charge in [-0.2, -0.15) is 13.2 Å². The van der Waals surface area contributed by atoms with E-state index in [1.807, 2.05) is 26.0 Å². The molecule has 8 saturated carbocycles. The molecule has 1 unspecified atom stereocenters. The molecule has 0 aliphatic heterocycles. The SMILES string of the molecule is CC([C@H]1CC[C@H]2[C@@H]3CC[C@H]4C[C@](O)(C(F)(F)F)CC[C@]4(C)[C@H]3CC[C@]12C)[C@@H](O)C[C@H](O)c1ccc(CC[C@]2(O)CC[C@@]3(C)[C@@H](CC[C@@H]4[C@@H]3CC[C@]3(C)[C@@H]([C@H](C)C(C)(C)O)CC[C@@H]43)C2)cc1. The summed E-state index contributed by atoms with van der Waals surface area (Å²) in [6.45, 7) is 18.3. The van der Waals surface area contributed by atoms with E-state index in [9.17, 15) is 38.7 Å². The summed E-state index contributed by atoms with van der Waals surface area (Å²) < 4.78 is 41.7. The highest BCUT2D eigenvalue weighted by Gasteiger charge is 2.66. The van der Waals surface area contributed by atoms with E-state index in [1.54, 1.807) is 0 Å². The highest BCUT2D eigenvalue weighted by atomic mass is 19.4. The van der Waals surface area contributed by atoms with Gasteiger partial charge >= 0.3 is 6.18 Å². The van der Waals surface area contributed by atoms with Crippen molar-refractivity contribution in [2.45, 2.75) is 225 Å². The molecule has 0 heterocycles. The Bertz CT molecular complexity index is 1860. The van der Waals surface area contributed by atoms with Crippen molar-refractivity contribution in [3.63, 3.8) is 0 Å². The van der Waals surface area contributed by atoms with Crippen LogP contribution in [0, 0.1) is 92.7 Å². The third-order valence-corrected chi connectivity index (χ3v) is 23.9. The van der Waals surface area contributed by atoms with E-state index in [2.05, 4.69) is 53.7 Å². The van der Waals surface area contributed by atoms with Crippen molar-refractivity contribution in [3.8, 4) is 0 Å². The molecule has 8 aliphatic rings. The first kappa shape index (κ1) is 48.8. The lowest BCUT2D eigenvalue weighted by atomic mass is 9.43. The number of rotatable bonds is 10. The fraction of sp³-hybridized carbons (Fsp3) is 0.895. The minimum atomic E-state index is -4.58. The zero-order valence-electron chi connectivity index (χ0n) is 41.6. The maximum atomic E-state index is 13.9. The van der Waals surface area contributed by atoms with Gasteiger partial charge in [-0.25, -0.2) is 0 Å². The molecular formula is C57H89F3O5. The molecule has 5 N–H and O–H groups in total. The minimum absolute atomic E-state index is 0.0220. The summed E-state index contributed by atoms with van der Waals surface area (Å²) in [5.74, 6) is 5.34. The zero-order chi connectivity index (χ0) is 46.9. The van der Waals surface area contributed by atoms with Gasteiger partial charge in [0.05, 0.1) is 23.4 Å². The standard InChI is InChI=1S/C57H89F3O5/c1-34(42-17-19-44-40-16-14-39-33-56(65,57(58,59)60)30-28-52(39,6)47(40)22-24-53(42,44)7)48(61)31-49(62)37-11-9-36(10-12-37)21-26-55(64)29-27-51(5)38(32-55)13-15-41-45-20-18-43(35(2)50(3,4)63)54(45,8)25-23-46(41)51/h9-12,34-35,38-49,61-65H,13-33H2,1-8H3/t34?,35-,38-,39-,40-,41-,42+,43+,44-,45-,46-,47-,48-,49-,51-,52-,53+,54+,55-,56-/m0/s1. The van der Waals surface area contributed by atoms with Crippen LogP contribution in [0.5, 0.6) is 0 Å². The van der Waals surface area contributed by atoms with Crippen LogP contribution >= 0.6 is 0 Å². The largest absolute Gasteiger partial charge is 0.417 e. The molecule has 0 amide bonds. The Morgan fingerprint density at radius 2 is 1.12 bits per heavy atom. The number of alkyl halides is 3. The van der Waals surface area contributed by atoms with E-state index in [0.29, 0.717) is 58.7 Å². The molecule has 1 aromatic carbocycles. The molecule has 65 heavy (non-hydrogen) atoms. The maximum absolute atomic E-state index is 13.9. The van der Waals surface area contributed by atoms with Gasteiger partial charge in [-0.05, 0) is 246 Å². The molecule has 0 saturated heterocycles. The predicted octanol–water partition coefficient (Wildman–Crippen LogP) is 12.8. The molecular weight excluding hydrogens is 822 g/mol. The topological polar surface area (TPSA) is 101 Å². The Kier molecular flexibility index (Phi) is 12.6. The summed E-state index contributed by atoms with van der Waals surface area (Å²) >= 11 is 0. The number of aryl methyl sites for hydroxylation is 1. The lowest BCUT2D eigenvalue weighted by Gasteiger charge is -2.62. The van der Waals surface area contributed by atoms with Gasteiger partial charge in [0.25, 0.3) is 0 Å². The summed E-state index contributed by atoms with van der Waals surface area (Å²) in [5, 5.41) is 57.0. The molecule has 368 valence electrons. The number of aliphatic hydroxyl groups excluding tert-OH is 2. The summed E-state index contributed by atoms with van der Waals surface area (Å²) in [6, 6.07) is 8.24. The highest BCUT2D eigenvalue weighted by Crippen LogP contribution is 2.71. The second-order valence-corrected chi connectivity index (χ2v) is 26.8. The number of benzene rings is 1. The minimum Gasteiger partial charge on any atom is -0.393 e. The highest BCUT2D eigenvalue weighted by molar-refractivity contribution is 5.25. The Balaban J connectivity index is 0.763. The monoisotopic (exact) mass is 911 g/mol. The molecule has 0 radical (unpaired) electrons. The second kappa shape index (κ2) is 16.7. The Morgan fingerprint density at radius 1 is 0.615 bits per heavy atom. The van der Waals surface area contributed by atoms with Crippen LogP contribution in [0.15, 0.2) is 24.3 Å². The molecule has 5 nitrogen and oxygen atoms in total. The molecule has 8 heteroatoms. The van der Waals surface area contributed by atoms with Crippen molar-refractivity contribution < 1.29 is 38.7 Å². The van der Waals surface area contributed by atoms with Gasteiger partial charge in [0.15, 0.2) is 5.60 Å². The van der Waals surface area contributed by atoms with Crippen molar-refractivity contribution in [3.05, 3.63) is 35.4 Å². The first-order valence-electron chi connectivity index (χ1n) is 27.0. The first-order valence-corrected chi connectivity index (χ1v) is 27.0. The lowest BCUT2D eigenvalue weighted by molar-refractivity contribution is -0.290. The number of hydrogen-bond donors (Lipinski definition) is 5. The van der Waals surface area contributed by atoms with Crippen molar-refractivity contribution in [2.75, 3.05) is 0 Å². The first-order chi connectivity index (χ1) is 30.3. The summed E-state index contributed by atoms with van der Waals surface area (Å²) in [6.07, 6.45) is 12.3. The average Bonchev–Trinajstić information content (AvgIpc) is 3.79. The van der Waals surface area contributed by atoms with E-state index in [1.165, 1.54) is 44.1 Å². The van der Waals surface area contributed by atoms with Crippen LogP contribution in [0.1, 0.15) is 201 Å². The van der Waals surface area contributed by atoms with E-state index < -0.39 is 35.2 Å². The van der Waals surface area contributed by atoms with Gasteiger partial charge in [-0.1, -0.05) is 65.8 Å². The quantitative estimate of drug-likeness (QED) is 0.161. The van der Waals surface area contributed by atoms with Gasteiger partial charge in [0, 0.05) is 6.42 Å². The van der Waals surface area contributed by atoms with Gasteiger partial charge in [0.1, 0.15) is 0 Å². The van der Waals surface area contributed by atoms with Crippen LogP contribution < -0.4 is 0 Å². The Morgan fingerprint density at radius 3 is 1.68 bits per heavy atom. The predicted molar refractivity (Wildman–Crippen MR) is 251 cm³/mol. The molecule has 8 aliphatic carbocycles. The second-order valence-electron chi connectivity index (χ2n) is 26.8. The van der Waals surface area contributed by atoms with E-state index in [0.717, 1.165) is 93.9 Å². The number of aliphatic hydroxyl groups is 5. The van der Waals surface area contributed by atoms with E-state index in [4.69, 9.17) is 0 Å². The molecule has 1 aromatic rings. The van der Waals surface area contributed by atoms with Crippen LogP contribution in [0.3, 0.4) is 0 Å². The van der Waals surface area contributed by atoms with Gasteiger partial charge < -0.3 is 25.5 Å². The van der Waals surface area contributed by atoms with Crippen LogP contribution in [0.25, 0.3) is 0 Å². The van der Waals surface area contributed by atoms with E-state index >= 15 is 0 Å².